The number of rotatable bonds is 26. The fourth-order valence-electron chi connectivity index (χ4n) is 7.79. The molecule has 0 aliphatic rings. The molecule has 58 heavy (non-hydrogen) atoms. The second-order valence-electron chi connectivity index (χ2n) is 15.5. The molecule has 8 heteroatoms. The quantitative estimate of drug-likeness (QED) is 0.0511. The highest BCUT2D eigenvalue weighted by Gasteiger charge is 2.31. The second kappa shape index (κ2) is 23.8. The number of pyridine rings is 2. The van der Waals surface area contributed by atoms with Crippen LogP contribution in [0.25, 0.3) is 46.2 Å². The molecule has 0 aliphatic heterocycles. The van der Waals surface area contributed by atoms with Crippen LogP contribution in [0.1, 0.15) is 164 Å². The summed E-state index contributed by atoms with van der Waals surface area (Å²) in [5, 5.41) is 23.7. The third-order valence-electron chi connectivity index (χ3n) is 11.0. The van der Waals surface area contributed by atoms with Gasteiger partial charge in [-0.05, 0) is 73.2 Å². The number of hydrogen-bond donors (Lipinski definition) is 0. The Morgan fingerprint density at radius 1 is 0.483 bits per heavy atom. The van der Waals surface area contributed by atoms with Gasteiger partial charge in [0.25, 0.3) is 0 Å². The predicted octanol–water partition coefficient (Wildman–Crippen LogP) is 14.0. The molecule has 5 rings (SSSR count). The Kier molecular flexibility index (Phi) is 18.0. The molecule has 5 aromatic rings. The summed E-state index contributed by atoms with van der Waals surface area (Å²) in [5.41, 5.74) is 5.60. The predicted molar refractivity (Wildman–Crippen MR) is 243 cm³/mol. The molecule has 8 nitrogen and oxygen atoms in total. The second-order valence-corrected chi connectivity index (χ2v) is 15.5. The summed E-state index contributed by atoms with van der Waals surface area (Å²) in [6.45, 7) is 12.1. The van der Waals surface area contributed by atoms with Crippen molar-refractivity contribution in [1.82, 2.24) is 9.97 Å². The minimum Gasteiger partial charge on any atom is -0.438 e. The van der Waals surface area contributed by atoms with Crippen molar-refractivity contribution < 1.29 is 8.83 Å². The zero-order valence-electron chi connectivity index (χ0n) is 35.6. The van der Waals surface area contributed by atoms with Gasteiger partial charge in [0.15, 0.2) is 0 Å². The number of hydrogen-bond acceptors (Lipinski definition) is 8. The Bertz CT molecular complexity index is 1960. The third-order valence-corrected chi connectivity index (χ3v) is 11.0. The van der Waals surface area contributed by atoms with Crippen LogP contribution in [0.2, 0.25) is 0 Å². The molecule has 4 heterocycles. The van der Waals surface area contributed by atoms with Crippen molar-refractivity contribution in [2.24, 2.45) is 0 Å². The van der Waals surface area contributed by atoms with Crippen molar-refractivity contribution in [2.45, 2.75) is 130 Å². The van der Waals surface area contributed by atoms with Crippen LogP contribution in [0.3, 0.4) is 0 Å². The van der Waals surface area contributed by atoms with Crippen LogP contribution >= 0.6 is 0 Å². The van der Waals surface area contributed by atoms with E-state index in [1.807, 2.05) is 48.6 Å². The molecule has 0 spiro atoms. The van der Waals surface area contributed by atoms with Crippen LogP contribution in [0.4, 0.5) is 11.8 Å². The van der Waals surface area contributed by atoms with Gasteiger partial charge in [0.05, 0.1) is 10.8 Å². The van der Waals surface area contributed by atoms with E-state index < -0.39 is 0 Å². The van der Waals surface area contributed by atoms with Crippen molar-refractivity contribution in [3.05, 3.63) is 82.4 Å². The molecular formula is C50H64N6O2. The minimum absolute atomic E-state index is 0.503. The van der Waals surface area contributed by atoms with E-state index in [4.69, 9.17) is 8.83 Å². The van der Waals surface area contributed by atoms with Crippen molar-refractivity contribution in [1.29, 1.82) is 10.5 Å². The van der Waals surface area contributed by atoms with Gasteiger partial charge in [-0.1, -0.05) is 117 Å². The first-order valence-corrected chi connectivity index (χ1v) is 22.1. The zero-order valence-corrected chi connectivity index (χ0v) is 35.6. The standard InChI is InChI=1S/C50H64N6O2/c1-5-9-13-17-33-55(34-18-14-10-6-2)49-43(37-51)45-41(23-21-39-25-29-53-30-26-39)48-46(42(47(45)57-49)24-22-40-27-31-54-32-28-40)44(38-52)50(58-48)56(35-19-15-11-7-3)36-20-16-12-8-4/h21-32H,5-20,33-36H2,1-4H3/b23-21+,24-22+. The topological polar surface area (TPSA) is 106 Å². The zero-order chi connectivity index (χ0) is 41.0. The van der Waals surface area contributed by atoms with E-state index >= 15 is 0 Å². The summed E-state index contributed by atoms with van der Waals surface area (Å²) < 4.78 is 14.1. The number of furan rings is 2. The van der Waals surface area contributed by atoms with E-state index in [1.165, 1.54) is 25.7 Å². The summed E-state index contributed by atoms with van der Waals surface area (Å²) in [6.07, 6.45) is 33.1. The van der Waals surface area contributed by atoms with E-state index in [2.05, 4.69) is 59.6 Å². The van der Waals surface area contributed by atoms with Gasteiger partial charge in [-0.25, -0.2) is 0 Å². The van der Waals surface area contributed by atoms with Crippen molar-refractivity contribution in [2.75, 3.05) is 36.0 Å². The molecule has 4 aromatic heterocycles. The smallest absolute Gasteiger partial charge is 0.214 e. The average Bonchev–Trinajstić information content (AvgIpc) is 3.83. The van der Waals surface area contributed by atoms with Gasteiger partial charge in [0, 0.05) is 62.1 Å². The van der Waals surface area contributed by atoms with E-state index in [0.717, 1.165) is 125 Å². The molecule has 0 saturated carbocycles. The molecule has 306 valence electrons. The highest BCUT2D eigenvalue weighted by atomic mass is 16.4. The van der Waals surface area contributed by atoms with Crippen molar-refractivity contribution in [3.63, 3.8) is 0 Å². The number of aromatic nitrogens is 2. The van der Waals surface area contributed by atoms with E-state index in [0.29, 0.717) is 44.8 Å². The largest absolute Gasteiger partial charge is 0.438 e. The summed E-state index contributed by atoms with van der Waals surface area (Å²) in [5.74, 6) is 1.20. The van der Waals surface area contributed by atoms with Crippen LogP contribution in [0.5, 0.6) is 0 Å². The summed E-state index contributed by atoms with van der Waals surface area (Å²) in [4.78, 5) is 13.0. The number of anilines is 2. The molecule has 0 bridgehead atoms. The average molecular weight is 781 g/mol. The van der Waals surface area contributed by atoms with Crippen LogP contribution in [-0.2, 0) is 0 Å². The first-order chi connectivity index (χ1) is 28.6. The lowest BCUT2D eigenvalue weighted by atomic mass is 9.95. The fourth-order valence-corrected chi connectivity index (χ4v) is 7.79. The first-order valence-electron chi connectivity index (χ1n) is 22.1. The Hall–Kier alpha value is -5.34. The number of nitrogens with zero attached hydrogens (tertiary/aromatic N) is 6. The molecule has 0 unspecified atom stereocenters. The molecule has 0 fully saturated rings. The van der Waals surface area contributed by atoms with Gasteiger partial charge < -0.3 is 18.6 Å². The van der Waals surface area contributed by atoms with Gasteiger partial charge >= 0.3 is 0 Å². The molecule has 0 aliphatic carbocycles. The lowest BCUT2D eigenvalue weighted by Crippen LogP contribution is -2.26. The van der Waals surface area contributed by atoms with Gasteiger partial charge in [0.1, 0.15) is 34.4 Å². The molecule has 1 aromatic carbocycles. The van der Waals surface area contributed by atoms with Crippen LogP contribution in [0.15, 0.2) is 57.9 Å². The van der Waals surface area contributed by atoms with Crippen molar-refractivity contribution in [3.8, 4) is 12.1 Å². The summed E-state index contributed by atoms with van der Waals surface area (Å²) >= 11 is 0. The van der Waals surface area contributed by atoms with Crippen molar-refractivity contribution >= 4 is 58.0 Å². The third kappa shape index (κ3) is 11.4. The van der Waals surface area contributed by atoms with Crippen LogP contribution in [0, 0.1) is 22.7 Å². The first kappa shape index (κ1) is 43.8. The summed E-state index contributed by atoms with van der Waals surface area (Å²) in [6, 6.07) is 13.1. The Morgan fingerprint density at radius 3 is 1.10 bits per heavy atom. The van der Waals surface area contributed by atoms with Gasteiger partial charge in [0.2, 0.25) is 11.8 Å². The molecule has 0 saturated heterocycles. The number of benzene rings is 1. The Labute approximate surface area is 347 Å². The minimum atomic E-state index is 0.503. The van der Waals surface area contributed by atoms with Crippen LogP contribution in [-0.4, -0.2) is 36.1 Å². The van der Waals surface area contributed by atoms with E-state index in [9.17, 15) is 10.5 Å². The molecule has 0 N–H and O–H groups in total. The maximum Gasteiger partial charge on any atom is 0.214 e. The highest BCUT2D eigenvalue weighted by Crippen LogP contribution is 2.47. The Balaban J connectivity index is 1.83. The van der Waals surface area contributed by atoms with Gasteiger partial charge in [-0.3, -0.25) is 9.97 Å². The maximum absolute atomic E-state index is 11.1. The number of fused-ring (bicyclic) bond motifs is 2. The Morgan fingerprint density at radius 2 is 0.810 bits per heavy atom. The maximum atomic E-state index is 11.1. The van der Waals surface area contributed by atoms with Gasteiger partial charge in [-0.15, -0.1) is 0 Å². The van der Waals surface area contributed by atoms with Crippen LogP contribution < -0.4 is 9.80 Å². The molecule has 0 atom stereocenters. The fraction of sp³-hybridized carbons (Fsp3) is 0.480. The monoisotopic (exact) mass is 781 g/mol. The normalized spacial score (nSPS) is 11.6. The number of unbranched alkanes of at least 4 members (excludes halogenated alkanes) is 12. The molecule has 0 radical (unpaired) electrons. The highest BCUT2D eigenvalue weighted by molar-refractivity contribution is 6.16. The lowest BCUT2D eigenvalue weighted by molar-refractivity contribution is 0.543. The summed E-state index contributed by atoms with van der Waals surface area (Å²) in [7, 11) is 0. The SMILES string of the molecule is CCCCCCN(CCCCCC)c1oc2c(/C=C/c3ccncc3)c3c(C#N)c(N(CCCCCC)CCCCCC)oc3c(/C=C/c3ccncc3)c2c1C#N. The lowest BCUT2D eigenvalue weighted by Gasteiger charge is -2.22. The van der Waals surface area contributed by atoms with Gasteiger partial charge in [-0.2, -0.15) is 10.5 Å². The van der Waals surface area contributed by atoms with E-state index in [1.54, 1.807) is 24.8 Å². The number of nitriles is 2. The molecular weight excluding hydrogens is 717 g/mol. The molecule has 0 amide bonds. The van der Waals surface area contributed by atoms with E-state index in [-0.39, 0.29) is 0 Å².